The molecule has 0 radical (unpaired) electrons. The number of carbonyl (C=O) groups is 1. The lowest BCUT2D eigenvalue weighted by atomic mass is 10.2. The third-order valence-electron chi connectivity index (χ3n) is 3.21. The van der Waals surface area contributed by atoms with Gasteiger partial charge in [-0.25, -0.2) is 0 Å². The molecule has 1 N–H and O–H groups in total. The standard InChI is InChI=1S/C16H20ClN3O3/c1-22-11-3-10-18-14(21)4-2-5-15-19-16(20-23-15)12-6-8-13(17)9-7-12/h6-9H,2-5,10-11H2,1H3,(H,18,21). The summed E-state index contributed by atoms with van der Waals surface area (Å²) in [5, 5.41) is 7.44. The molecule has 0 aliphatic rings. The summed E-state index contributed by atoms with van der Waals surface area (Å²) in [5.74, 6) is 1.08. The van der Waals surface area contributed by atoms with Gasteiger partial charge in [-0.2, -0.15) is 4.98 Å². The first-order valence-corrected chi connectivity index (χ1v) is 7.91. The number of nitrogens with zero attached hydrogens (tertiary/aromatic N) is 2. The quantitative estimate of drug-likeness (QED) is 0.712. The molecule has 23 heavy (non-hydrogen) atoms. The average Bonchev–Trinajstić information content (AvgIpc) is 3.01. The number of nitrogens with one attached hydrogen (secondary N) is 1. The monoisotopic (exact) mass is 337 g/mol. The highest BCUT2D eigenvalue weighted by molar-refractivity contribution is 6.30. The highest BCUT2D eigenvalue weighted by Gasteiger charge is 2.09. The molecule has 0 aliphatic carbocycles. The van der Waals surface area contributed by atoms with Gasteiger partial charge in [0.25, 0.3) is 0 Å². The lowest BCUT2D eigenvalue weighted by Gasteiger charge is -2.03. The fourth-order valence-corrected chi connectivity index (χ4v) is 2.13. The Labute approximate surface area is 140 Å². The van der Waals surface area contributed by atoms with Crippen LogP contribution in [0.25, 0.3) is 11.4 Å². The number of hydrogen-bond donors (Lipinski definition) is 1. The Morgan fingerprint density at radius 3 is 2.83 bits per heavy atom. The molecule has 0 unspecified atom stereocenters. The van der Waals surface area contributed by atoms with Crippen molar-refractivity contribution < 1.29 is 14.1 Å². The molecule has 6 nitrogen and oxygen atoms in total. The zero-order valence-corrected chi connectivity index (χ0v) is 13.8. The van der Waals surface area contributed by atoms with E-state index in [1.54, 1.807) is 19.2 Å². The van der Waals surface area contributed by atoms with E-state index < -0.39 is 0 Å². The summed E-state index contributed by atoms with van der Waals surface area (Å²) in [7, 11) is 1.64. The first kappa shape index (κ1) is 17.4. The summed E-state index contributed by atoms with van der Waals surface area (Å²) < 4.78 is 10.1. The van der Waals surface area contributed by atoms with Gasteiger partial charge in [0.2, 0.25) is 17.6 Å². The highest BCUT2D eigenvalue weighted by Crippen LogP contribution is 2.19. The molecule has 0 aliphatic heterocycles. The number of methoxy groups -OCH3 is 1. The van der Waals surface area contributed by atoms with E-state index in [2.05, 4.69) is 15.5 Å². The van der Waals surface area contributed by atoms with Crippen LogP contribution in [0.4, 0.5) is 0 Å². The Hall–Kier alpha value is -1.92. The predicted octanol–water partition coefficient (Wildman–Crippen LogP) is 2.87. The van der Waals surface area contributed by atoms with Crippen LogP contribution in [-0.2, 0) is 16.0 Å². The fourth-order valence-electron chi connectivity index (χ4n) is 2.01. The molecule has 7 heteroatoms. The number of aromatic nitrogens is 2. The van der Waals surface area contributed by atoms with Gasteiger partial charge in [0.05, 0.1) is 0 Å². The summed E-state index contributed by atoms with van der Waals surface area (Å²) in [4.78, 5) is 15.9. The van der Waals surface area contributed by atoms with Gasteiger partial charge in [-0.1, -0.05) is 16.8 Å². The van der Waals surface area contributed by atoms with Crippen molar-refractivity contribution >= 4 is 17.5 Å². The van der Waals surface area contributed by atoms with Gasteiger partial charge in [0.1, 0.15) is 0 Å². The smallest absolute Gasteiger partial charge is 0.226 e. The fraction of sp³-hybridized carbons (Fsp3) is 0.438. The molecule has 0 spiro atoms. The topological polar surface area (TPSA) is 77.2 Å². The van der Waals surface area contributed by atoms with Crippen molar-refractivity contribution in [1.29, 1.82) is 0 Å². The van der Waals surface area contributed by atoms with Crippen LogP contribution in [0.3, 0.4) is 0 Å². The average molecular weight is 338 g/mol. The van der Waals surface area contributed by atoms with E-state index in [1.165, 1.54) is 0 Å². The molecule has 0 fully saturated rings. The van der Waals surface area contributed by atoms with Gasteiger partial charge in [0, 0.05) is 43.7 Å². The van der Waals surface area contributed by atoms with Gasteiger partial charge in [-0.3, -0.25) is 4.79 Å². The minimum atomic E-state index is 0.0264. The molecular weight excluding hydrogens is 318 g/mol. The van der Waals surface area contributed by atoms with Crippen molar-refractivity contribution in [2.45, 2.75) is 25.7 Å². The molecule has 2 rings (SSSR count). The lowest BCUT2D eigenvalue weighted by Crippen LogP contribution is -2.24. The molecular formula is C16H20ClN3O3. The largest absolute Gasteiger partial charge is 0.385 e. The zero-order valence-electron chi connectivity index (χ0n) is 13.0. The second-order valence-corrected chi connectivity index (χ2v) is 5.50. The summed E-state index contributed by atoms with van der Waals surface area (Å²) in [5.41, 5.74) is 0.847. The molecule has 2 aromatic rings. The number of halogens is 1. The summed E-state index contributed by atoms with van der Waals surface area (Å²) in [6.07, 6.45) is 2.49. The van der Waals surface area contributed by atoms with Gasteiger partial charge in [-0.15, -0.1) is 0 Å². The highest BCUT2D eigenvalue weighted by atomic mass is 35.5. The maximum absolute atomic E-state index is 11.6. The molecule has 1 amide bonds. The Bertz CT molecular complexity index is 613. The van der Waals surface area contributed by atoms with Crippen LogP contribution in [0.2, 0.25) is 5.02 Å². The van der Waals surface area contributed by atoms with E-state index in [9.17, 15) is 4.79 Å². The molecule has 0 saturated carbocycles. The number of benzene rings is 1. The van der Waals surface area contributed by atoms with Crippen LogP contribution in [0, 0.1) is 0 Å². The lowest BCUT2D eigenvalue weighted by molar-refractivity contribution is -0.121. The van der Waals surface area contributed by atoms with Gasteiger partial charge >= 0.3 is 0 Å². The van der Waals surface area contributed by atoms with E-state index in [0.29, 0.717) is 49.2 Å². The minimum Gasteiger partial charge on any atom is -0.385 e. The normalized spacial score (nSPS) is 10.7. The first-order valence-electron chi connectivity index (χ1n) is 7.53. The van der Waals surface area contributed by atoms with Crippen molar-refractivity contribution in [3.63, 3.8) is 0 Å². The SMILES string of the molecule is COCCCNC(=O)CCCc1nc(-c2ccc(Cl)cc2)no1. The first-order chi connectivity index (χ1) is 11.2. The molecule has 124 valence electrons. The predicted molar refractivity (Wildman–Crippen MR) is 87.2 cm³/mol. The van der Waals surface area contributed by atoms with Gasteiger partial charge in [-0.05, 0) is 37.1 Å². The van der Waals surface area contributed by atoms with E-state index >= 15 is 0 Å². The van der Waals surface area contributed by atoms with E-state index in [-0.39, 0.29) is 5.91 Å². The van der Waals surface area contributed by atoms with Crippen LogP contribution in [0.1, 0.15) is 25.2 Å². The van der Waals surface area contributed by atoms with Crippen molar-refractivity contribution in [2.24, 2.45) is 0 Å². The maximum atomic E-state index is 11.6. The van der Waals surface area contributed by atoms with Gasteiger partial charge in [0.15, 0.2) is 0 Å². The van der Waals surface area contributed by atoms with Crippen LogP contribution in [-0.4, -0.2) is 36.3 Å². The van der Waals surface area contributed by atoms with E-state index in [0.717, 1.165) is 12.0 Å². The van der Waals surface area contributed by atoms with Crippen LogP contribution in [0.15, 0.2) is 28.8 Å². The zero-order chi connectivity index (χ0) is 16.5. The number of ether oxygens (including phenoxy) is 1. The molecule has 1 heterocycles. The summed E-state index contributed by atoms with van der Waals surface area (Å²) >= 11 is 5.85. The molecule has 0 atom stereocenters. The number of carbonyl (C=O) groups excluding carboxylic acids is 1. The van der Waals surface area contributed by atoms with Crippen molar-refractivity contribution in [2.75, 3.05) is 20.3 Å². The molecule has 0 bridgehead atoms. The maximum Gasteiger partial charge on any atom is 0.226 e. The van der Waals surface area contributed by atoms with Crippen LogP contribution in [0.5, 0.6) is 0 Å². The second kappa shape index (κ2) is 9.27. The molecule has 1 aromatic carbocycles. The number of aryl methyl sites for hydroxylation is 1. The van der Waals surface area contributed by atoms with Crippen molar-refractivity contribution in [3.05, 3.63) is 35.2 Å². The summed E-state index contributed by atoms with van der Waals surface area (Å²) in [6.45, 7) is 1.28. The molecule has 0 saturated heterocycles. The van der Waals surface area contributed by atoms with E-state index in [1.807, 2.05) is 12.1 Å². The van der Waals surface area contributed by atoms with E-state index in [4.69, 9.17) is 20.9 Å². The number of rotatable bonds is 9. The van der Waals surface area contributed by atoms with Crippen LogP contribution < -0.4 is 5.32 Å². The number of amides is 1. The Balaban J connectivity index is 1.72. The number of hydrogen-bond acceptors (Lipinski definition) is 5. The Morgan fingerprint density at radius 1 is 1.30 bits per heavy atom. The van der Waals surface area contributed by atoms with Gasteiger partial charge < -0.3 is 14.6 Å². The molecule has 1 aromatic heterocycles. The Kier molecular flexibility index (Phi) is 7.03. The van der Waals surface area contributed by atoms with Crippen molar-refractivity contribution in [3.8, 4) is 11.4 Å². The summed E-state index contributed by atoms with van der Waals surface area (Å²) in [6, 6.07) is 7.23. The third-order valence-corrected chi connectivity index (χ3v) is 3.46. The Morgan fingerprint density at radius 2 is 2.09 bits per heavy atom. The van der Waals surface area contributed by atoms with Crippen molar-refractivity contribution in [1.82, 2.24) is 15.5 Å². The second-order valence-electron chi connectivity index (χ2n) is 5.07. The third kappa shape index (κ3) is 6.00. The minimum absolute atomic E-state index is 0.0264. The van der Waals surface area contributed by atoms with Crippen LogP contribution >= 0.6 is 11.6 Å².